The van der Waals surface area contributed by atoms with Crippen molar-refractivity contribution >= 4 is 29.2 Å². The first-order chi connectivity index (χ1) is 22.5. The average Bonchev–Trinajstić information content (AvgIpc) is 3.07. The van der Waals surface area contributed by atoms with Crippen molar-refractivity contribution < 1.29 is 33.4 Å². The van der Waals surface area contributed by atoms with Crippen LogP contribution < -0.4 is 15.4 Å². The van der Waals surface area contributed by atoms with Crippen LogP contribution in [0.4, 0.5) is 20.6 Å². The standard InChI is InChI=1S/C36H51FN4O6/c1-24-21-41(25(2)23-42)35(44)31-20-30(39-36(45)38-29-15-13-28(37)14-16-29)17-18-32(31)47-26(3)10-8-9-19-46-33(24)22-40(4)34(43)27-11-6-5-7-12-27/h13-18,20,24-27,33,42H,5-12,19,21-23H2,1-4H3,(H2,38,39,45)/t24-,25+,26-,33+/m1/s1. The molecule has 4 amide bonds. The molecule has 47 heavy (non-hydrogen) atoms. The number of anilines is 2. The van der Waals surface area contributed by atoms with Gasteiger partial charge in [-0.15, -0.1) is 0 Å². The lowest BCUT2D eigenvalue weighted by Gasteiger charge is -2.36. The van der Waals surface area contributed by atoms with Crippen LogP contribution in [0.3, 0.4) is 0 Å². The molecule has 1 saturated carbocycles. The van der Waals surface area contributed by atoms with E-state index in [0.717, 1.165) is 44.9 Å². The Morgan fingerprint density at radius 2 is 1.66 bits per heavy atom. The lowest BCUT2D eigenvalue weighted by Crippen LogP contribution is -2.48. The SMILES string of the molecule is C[C@@H]1CCCCO[C@@H](CN(C)C(=O)C2CCCCC2)[C@H](C)CN([C@@H](C)CO)C(=O)c2cc(NC(=O)Nc3ccc(F)cc3)ccc2O1. The molecule has 10 nitrogen and oxygen atoms in total. The summed E-state index contributed by atoms with van der Waals surface area (Å²) in [7, 11) is 1.84. The van der Waals surface area contributed by atoms with Crippen molar-refractivity contribution in [2.24, 2.45) is 11.8 Å². The number of amides is 4. The van der Waals surface area contributed by atoms with Crippen molar-refractivity contribution in [2.75, 3.05) is 44.0 Å². The number of hydrogen-bond acceptors (Lipinski definition) is 6. The molecule has 0 aromatic heterocycles. The van der Waals surface area contributed by atoms with Gasteiger partial charge in [0.1, 0.15) is 11.6 Å². The van der Waals surface area contributed by atoms with Gasteiger partial charge in [-0.1, -0.05) is 26.2 Å². The van der Waals surface area contributed by atoms with Gasteiger partial charge in [0.05, 0.1) is 30.4 Å². The molecule has 0 saturated heterocycles. The minimum Gasteiger partial charge on any atom is -0.490 e. The van der Waals surface area contributed by atoms with E-state index in [1.807, 2.05) is 20.9 Å². The van der Waals surface area contributed by atoms with E-state index in [-0.39, 0.29) is 54.6 Å². The fourth-order valence-electron chi connectivity index (χ4n) is 6.31. The summed E-state index contributed by atoms with van der Waals surface area (Å²) in [6, 6.07) is 9.23. The quantitative estimate of drug-likeness (QED) is 0.322. The van der Waals surface area contributed by atoms with E-state index in [0.29, 0.717) is 30.3 Å². The number of ether oxygens (including phenoxy) is 2. The molecule has 1 aliphatic carbocycles. The summed E-state index contributed by atoms with van der Waals surface area (Å²) in [6.07, 6.45) is 7.11. The fourth-order valence-corrected chi connectivity index (χ4v) is 6.31. The Labute approximate surface area is 278 Å². The van der Waals surface area contributed by atoms with E-state index in [1.165, 1.54) is 30.7 Å². The zero-order valence-corrected chi connectivity index (χ0v) is 28.2. The Balaban J connectivity index is 1.58. The number of hydrogen-bond donors (Lipinski definition) is 3. The topological polar surface area (TPSA) is 120 Å². The molecule has 0 spiro atoms. The summed E-state index contributed by atoms with van der Waals surface area (Å²) < 4.78 is 26.0. The molecule has 4 rings (SSSR count). The van der Waals surface area contributed by atoms with E-state index in [2.05, 4.69) is 10.6 Å². The lowest BCUT2D eigenvalue weighted by atomic mass is 9.88. The molecular formula is C36H51FN4O6. The van der Waals surface area contributed by atoms with E-state index in [1.54, 1.807) is 34.9 Å². The normalized spacial score (nSPS) is 22.3. The second kappa shape index (κ2) is 17.5. The van der Waals surface area contributed by atoms with E-state index < -0.39 is 17.9 Å². The van der Waals surface area contributed by atoms with Gasteiger partial charge in [-0.25, -0.2) is 9.18 Å². The predicted molar refractivity (Wildman–Crippen MR) is 180 cm³/mol. The average molecular weight is 655 g/mol. The van der Waals surface area contributed by atoms with Gasteiger partial charge in [-0.05, 0) is 88.4 Å². The highest BCUT2D eigenvalue weighted by Crippen LogP contribution is 2.29. The maximum Gasteiger partial charge on any atom is 0.323 e. The number of aliphatic hydroxyl groups is 1. The van der Waals surface area contributed by atoms with Crippen LogP contribution in [0.5, 0.6) is 5.75 Å². The largest absolute Gasteiger partial charge is 0.490 e. The molecule has 1 heterocycles. The first-order valence-corrected chi connectivity index (χ1v) is 17.0. The fraction of sp³-hybridized carbons (Fsp3) is 0.583. The number of halogens is 1. The van der Waals surface area contributed by atoms with Gasteiger partial charge in [0, 0.05) is 50.0 Å². The Kier molecular flexibility index (Phi) is 13.4. The highest BCUT2D eigenvalue weighted by molar-refractivity contribution is 6.02. The van der Waals surface area contributed by atoms with Gasteiger partial charge >= 0.3 is 6.03 Å². The first-order valence-electron chi connectivity index (χ1n) is 17.0. The highest BCUT2D eigenvalue weighted by atomic mass is 19.1. The Bertz CT molecular complexity index is 1340. The summed E-state index contributed by atoms with van der Waals surface area (Å²) in [4.78, 5) is 43.8. The van der Waals surface area contributed by atoms with Gasteiger partial charge in [0.15, 0.2) is 0 Å². The molecule has 2 aliphatic rings. The number of urea groups is 1. The van der Waals surface area contributed by atoms with Gasteiger partial charge in [0.2, 0.25) is 5.91 Å². The third kappa shape index (κ3) is 10.4. The van der Waals surface area contributed by atoms with Crippen LogP contribution in [0.15, 0.2) is 42.5 Å². The number of benzene rings is 2. The molecule has 1 fully saturated rings. The number of aliphatic hydroxyl groups excluding tert-OH is 1. The zero-order chi connectivity index (χ0) is 33.9. The molecule has 0 bridgehead atoms. The lowest BCUT2D eigenvalue weighted by molar-refractivity contribution is -0.137. The summed E-state index contributed by atoms with van der Waals surface area (Å²) in [6.45, 7) is 6.71. The summed E-state index contributed by atoms with van der Waals surface area (Å²) in [5.41, 5.74) is 1.03. The van der Waals surface area contributed by atoms with Gasteiger partial charge in [-0.3, -0.25) is 9.59 Å². The van der Waals surface area contributed by atoms with Crippen LogP contribution >= 0.6 is 0 Å². The Morgan fingerprint density at radius 3 is 2.36 bits per heavy atom. The number of rotatable bonds is 7. The molecule has 1 aliphatic heterocycles. The molecule has 0 radical (unpaired) electrons. The van der Waals surface area contributed by atoms with Gasteiger partial charge < -0.3 is 35.0 Å². The van der Waals surface area contributed by atoms with E-state index >= 15 is 0 Å². The minimum atomic E-state index is -0.555. The van der Waals surface area contributed by atoms with E-state index in [9.17, 15) is 23.9 Å². The van der Waals surface area contributed by atoms with Crippen LogP contribution in [-0.2, 0) is 9.53 Å². The maximum absolute atomic E-state index is 14.3. The van der Waals surface area contributed by atoms with Crippen LogP contribution in [-0.4, -0.2) is 84.4 Å². The Morgan fingerprint density at radius 1 is 1.00 bits per heavy atom. The number of nitrogens with one attached hydrogen (secondary N) is 2. The number of carbonyl (C=O) groups is 3. The summed E-state index contributed by atoms with van der Waals surface area (Å²) in [5.74, 6) is -0.344. The predicted octanol–water partition coefficient (Wildman–Crippen LogP) is 6.30. The molecule has 11 heteroatoms. The molecular weight excluding hydrogens is 603 g/mol. The number of fused-ring (bicyclic) bond motifs is 1. The minimum absolute atomic E-state index is 0.0496. The van der Waals surface area contributed by atoms with Crippen LogP contribution in [0.1, 0.15) is 82.5 Å². The number of nitrogens with zero attached hydrogens (tertiary/aromatic N) is 2. The van der Waals surface area contributed by atoms with Crippen LogP contribution in [0, 0.1) is 17.7 Å². The van der Waals surface area contributed by atoms with Crippen molar-refractivity contribution in [3.63, 3.8) is 0 Å². The van der Waals surface area contributed by atoms with Crippen molar-refractivity contribution in [1.82, 2.24) is 9.80 Å². The second-order valence-corrected chi connectivity index (χ2v) is 13.2. The smallest absolute Gasteiger partial charge is 0.323 e. The first kappa shape index (κ1) is 36.1. The molecule has 2 aromatic carbocycles. The van der Waals surface area contributed by atoms with Crippen LogP contribution in [0.25, 0.3) is 0 Å². The molecule has 0 unspecified atom stereocenters. The van der Waals surface area contributed by atoms with Gasteiger partial charge in [0.25, 0.3) is 5.91 Å². The molecule has 258 valence electrons. The van der Waals surface area contributed by atoms with E-state index in [4.69, 9.17) is 9.47 Å². The zero-order valence-electron chi connectivity index (χ0n) is 28.2. The third-order valence-corrected chi connectivity index (χ3v) is 9.20. The van der Waals surface area contributed by atoms with Crippen LogP contribution in [0.2, 0.25) is 0 Å². The Hall–Kier alpha value is -3.70. The van der Waals surface area contributed by atoms with Crippen molar-refractivity contribution in [1.29, 1.82) is 0 Å². The summed E-state index contributed by atoms with van der Waals surface area (Å²) in [5, 5.41) is 15.6. The molecule has 4 atom stereocenters. The van der Waals surface area contributed by atoms with Crippen molar-refractivity contribution in [3.8, 4) is 5.75 Å². The second-order valence-electron chi connectivity index (χ2n) is 13.2. The molecule has 2 aromatic rings. The monoisotopic (exact) mass is 654 g/mol. The summed E-state index contributed by atoms with van der Waals surface area (Å²) >= 11 is 0. The number of likely N-dealkylation sites (N-methyl/N-ethyl adjacent to an activating group) is 1. The highest BCUT2D eigenvalue weighted by Gasteiger charge is 2.32. The third-order valence-electron chi connectivity index (χ3n) is 9.20. The molecule has 3 N–H and O–H groups in total. The maximum atomic E-state index is 14.3. The number of carbonyl (C=O) groups excluding carboxylic acids is 3. The van der Waals surface area contributed by atoms with Crippen molar-refractivity contribution in [2.45, 2.75) is 90.4 Å². The van der Waals surface area contributed by atoms with Gasteiger partial charge in [-0.2, -0.15) is 0 Å². The van der Waals surface area contributed by atoms with Crippen molar-refractivity contribution in [3.05, 3.63) is 53.8 Å².